The van der Waals surface area contributed by atoms with Crippen LogP contribution < -0.4 is 20.1 Å². The average Bonchev–Trinajstić information content (AvgIpc) is 3.05. The number of ether oxygens (including phenoxy) is 2. The van der Waals surface area contributed by atoms with Crippen LogP contribution in [0.4, 0.5) is 55.3 Å². The molecule has 0 aliphatic carbocycles. The Balaban J connectivity index is 2.14. The summed E-state index contributed by atoms with van der Waals surface area (Å²) in [5.41, 5.74) is 0. The second-order valence-corrected chi connectivity index (χ2v) is 6.50. The number of alkyl halides is 9. The van der Waals surface area contributed by atoms with Crippen LogP contribution >= 0.6 is 11.3 Å². The number of aromatic nitrogens is 2. The molecule has 2 rings (SSSR count). The number of nitrogens with one attached hydrogen (secondary N) is 2. The molecule has 0 saturated heterocycles. The lowest BCUT2D eigenvalue weighted by atomic mass is 10.4. The van der Waals surface area contributed by atoms with Gasteiger partial charge in [0.05, 0.1) is 11.1 Å². The molecule has 2 amide bonds. The van der Waals surface area contributed by atoms with Crippen molar-refractivity contribution in [3.8, 4) is 11.8 Å². The number of rotatable bonds is 6. The van der Waals surface area contributed by atoms with Crippen molar-refractivity contribution in [2.24, 2.45) is 0 Å². The van der Waals surface area contributed by atoms with E-state index < -0.39 is 60.4 Å². The van der Waals surface area contributed by atoms with Gasteiger partial charge in [-0.2, -0.15) is 49.5 Å². The highest BCUT2D eigenvalue weighted by Crippen LogP contribution is 2.36. The van der Waals surface area contributed by atoms with Crippen LogP contribution in [0.1, 0.15) is 4.88 Å². The monoisotopic (exact) mass is 484 g/mol. The summed E-state index contributed by atoms with van der Waals surface area (Å²) in [6, 6.07) is 0.903. The molecule has 2 aromatic heterocycles. The van der Waals surface area contributed by atoms with Crippen LogP contribution in [-0.4, -0.2) is 41.6 Å². The number of carbonyl (C=O) groups excluding carboxylic acids is 1. The highest BCUT2D eigenvalue weighted by Gasteiger charge is 2.33. The van der Waals surface area contributed by atoms with Gasteiger partial charge in [-0.05, 0) is 12.1 Å². The fraction of sp³-hybridized carbons (Fsp3) is 0.357. The van der Waals surface area contributed by atoms with Gasteiger partial charge in [0, 0.05) is 0 Å². The first-order chi connectivity index (χ1) is 14.1. The number of amides is 2. The second-order valence-electron chi connectivity index (χ2n) is 5.42. The number of hydrogen-bond acceptors (Lipinski definition) is 6. The number of anilines is 2. The lowest BCUT2D eigenvalue weighted by molar-refractivity contribution is -0.154. The molecule has 0 bridgehead atoms. The Labute approximate surface area is 170 Å². The van der Waals surface area contributed by atoms with Gasteiger partial charge in [-0.1, -0.05) is 0 Å². The molecule has 0 spiro atoms. The van der Waals surface area contributed by atoms with Gasteiger partial charge < -0.3 is 9.47 Å². The van der Waals surface area contributed by atoms with Gasteiger partial charge >= 0.3 is 24.6 Å². The lowest BCUT2D eigenvalue weighted by Crippen LogP contribution is -2.23. The second kappa shape index (κ2) is 9.03. The molecule has 2 N–H and O–H groups in total. The Morgan fingerprint density at radius 2 is 1.39 bits per heavy atom. The van der Waals surface area contributed by atoms with Crippen LogP contribution in [0.25, 0.3) is 0 Å². The molecule has 0 unspecified atom stereocenters. The van der Waals surface area contributed by atoms with E-state index in [1.54, 1.807) is 0 Å². The fourth-order valence-corrected chi connectivity index (χ4v) is 2.49. The third-order valence-electron chi connectivity index (χ3n) is 2.79. The molecule has 2 aromatic rings. The van der Waals surface area contributed by atoms with Crippen LogP contribution in [0.15, 0.2) is 18.2 Å². The SMILES string of the molecule is O=C(Nc1nc(OCC(F)(F)F)cc(OCC(F)(F)F)n1)Nc1ccc(C(F)(F)F)s1. The summed E-state index contributed by atoms with van der Waals surface area (Å²) in [5, 5.41) is 3.56. The summed E-state index contributed by atoms with van der Waals surface area (Å²) in [4.78, 5) is 17.6. The first-order valence-corrected chi connectivity index (χ1v) is 8.45. The van der Waals surface area contributed by atoms with Gasteiger partial charge in [-0.3, -0.25) is 10.6 Å². The molecule has 0 radical (unpaired) electrons. The number of hydrogen-bond donors (Lipinski definition) is 2. The highest BCUT2D eigenvalue weighted by molar-refractivity contribution is 7.16. The summed E-state index contributed by atoms with van der Waals surface area (Å²) in [7, 11) is 0. The van der Waals surface area contributed by atoms with E-state index in [0.717, 1.165) is 6.07 Å². The smallest absolute Gasteiger partial charge is 0.425 e. The van der Waals surface area contributed by atoms with Crippen molar-refractivity contribution < 1.29 is 53.8 Å². The first kappa shape index (κ1) is 24.3. The molecule has 17 heteroatoms. The highest BCUT2D eigenvalue weighted by atomic mass is 32.1. The summed E-state index contributed by atoms with van der Waals surface area (Å²) in [5.74, 6) is -2.59. The van der Waals surface area contributed by atoms with Crippen molar-refractivity contribution in [3.63, 3.8) is 0 Å². The van der Waals surface area contributed by atoms with Gasteiger partial charge in [0.1, 0.15) is 4.88 Å². The third kappa shape index (κ3) is 8.73. The maximum atomic E-state index is 12.6. The first-order valence-electron chi connectivity index (χ1n) is 7.64. The van der Waals surface area contributed by atoms with Crippen LogP contribution in [0.5, 0.6) is 11.8 Å². The number of halogens is 9. The van der Waals surface area contributed by atoms with Gasteiger partial charge in [0.2, 0.25) is 17.7 Å². The minimum absolute atomic E-state index is 0.170. The summed E-state index contributed by atoms with van der Waals surface area (Å²) >= 11 is 0.170. The summed E-state index contributed by atoms with van der Waals surface area (Å²) in [6.45, 7) is -3.71. The van der Waals surface area contributed by atoms with Gasteiger partial charge in [-0.15, -0.1) is 11.3 Å². The molecular formula is C14H9F9N4O3S. The number of nitrogens with zero attached hydrogens (tertiary/aromatic N) is 2. The zero-order valence-electron chi connectivity index (χ0n) is 14.6. The number of urea groups is 1. The minimum atomic E-state index is -4.81. The Hall–Kier alpha value is -2.98. The molecule has 31 heavy (non-hydrogen) atoms. The topological polar surface area (TPSA) is 85.4 Å². The molecule has 0 saturated carbocycles. The van der Waals surface area contributed by atoms with Crippen molar-refractivity contribution in [3.05, 3.63) is 23.1 Å². The van der Waals surface area contributed by atoms with E-state index >= 15 is 0 Å². The Morgan fingerprint density at radius 1 is 0.871 bits per heavy atom. The summed E-state index contributed by atoms with van der Waals surface area (Å²) in [6.07, 6.45) is -14.3. The average molecular weight is 484 g/mol. The van der Waals surface area contributed by atoms with Crippen molar-refractivity contribution in [1.82, 2.24) is 9.97 Å². The van der Waals surface area contributed by atoms with Gasteiger partial charge in [0.25, 0.3) is 0 Å². The maximum absolute atomic E-state index is 12.6. The van der Waals surface area contributed by atoms with Crippen molar-refractivity contribution in [2.45, 2.75) is 18.5 Å². The number of carbonyl (C=O) groups is 1. The molecule has 0 fully saturated rings. The summed E-state index contributed by atoms with van der Waals surface area (Å²) < 4.78 is 120. The molecular weight excluding hydrogens is 475 g/mol. The number of thiophene rings is 1. The molecule has 172 valence electrons. The quantitative estimate of drug-likeness (QED) is 0.559. The Kier molecular flexibility index (Phi) is 7.07. The minimum Gasteiger partial charge on any atom is -0.468 e. The zero-order chi connectivity index (χ0) is 23.4. The molecule has 0 aromatic carbocycles. The van der Waals surface area contributed by atoms with E-state index in [4.69, 9.17) is 0 Å². The van der Waals surface area contributed by atoms with Crippen LogP contribution in [-0.2, 0) is 6.18 Å². The predicted molar refractivity (Wildman–Crippen MR) is 87.1 cm³/mol. The van der Waals surface area contributed by atoms with Crippen molar-refractivity contribution in [1.29, 1.82) is 0 Å². The van der Waals surface area contributed by atoms with Crippen LogP contribution in [0, 0.1) is 0 Å². The molecule has 2 heterocycles. The molecule has 0 atom stereocenters. The molecule has 7 nitrogen and oxygen atoms in total. The lowest BCUT2D eigenvalue weighted by Gasteiger charge is -2.13. The zero-order valence-corrected chi connectivity index (χ0v) is 15.4. The van der Waals surface area contributed by atoms with Crippen molar-refractivity contribution in [2.75, 3.05) is 23.8 Å². The normalized spacial score (nSPS) is 12.4. The Bertz CT molecular complexity index is 875. The third-order valence-corrected chi connectivity index (χ3v) is 3.84. The standard InChI is InChI=1S/C14H9F9N4O3S/c15-12(16,17)4-29-7-3-8(30-5-13(18,19)20)25-10(24-7)27-11(28)26-9-2-1-6(31-9)14(21,22)23/h1-3H,4-5H2,(H2,24,25,26,27,28). The van der Waals surface area contributed by atoms with E-state index in [2.05, 4.69) is 19.4 Å². The van der Waals surface area contributed by atoms with Crippen molar-refractivity contribution >= 4 is 28.3 Å². The predicted octanol–water partition coefficient (Wildman–Crippen LogP) is 5.08. The van der Waals surface area contributed by atoms with Crippen LogP contribution in [0.3, 0.4) is 0 Å². The van der Waals surface area contributed by atoms with Crippen LogP contribution in [0.2, 0.25) is 0 Å². The maximum Gasteiger partial charge on any atom is 0.425 e. The van der Waals surface area contributed by atoms with E-state index in [-0.39, 0.29) is 16.3 Å². The van der Waals surface area contributed by atoms with Gasteiger partial charge in [0.15, 0.2) is 13.2 Å². The largest absolute Gasteiger partial charge is 0.468 e. The van der Waals surface area contributed by atoms with E-state index in [1.165, 1.54) is 0 Å². The van der Waals surface area contributed by atoms with E-state index in [0.29, 0.717) is 12.1 Å². The fourth-order valence-electron chi connectivity index (χ4n) is 1.72. The van der Waals surface area contributed by atoms with E-state index in [9.17, 15) is 44.3 Å². The Morgan fingerprint density at radius 3 is 1.81 bits per heavy atom. The van der Waals surface area contributed by atoms with Gasteiger partial charge in [-0.25, -0.2) is 4.79 Å². The molecule has 0 aliphatic rings. The molecule has 0 aliphatic heterocycles. The van der Waals surface area contributed by atoms with E-state index in [1.807, 2.05) is 10.6 Å².